The van der Waals surface area contributed by atoms with Crippen molar-refractivity contribution in [1.82, 2.24) is 29.4 Å². The van der Waals surface area contributed by atoms with E-state index in [1.54, 1.807) is 17.0 Å². The van der Waals surface area contributed by atoms with Crippen LogP contribution >= 0.6 is 0 Å². The van der Waals surface area contributed by atoms with Crippen LogP contribution in [0.4, 0.5) is 0 Å². The highest BCUT2D eigenvalue weighted by Crippen LogP contribution is 2.12. The highest BCUT2D eigenvalue weighted by atomic mass is 16.5. The lowest BCUT2D eigenvalue weighted by molar-refractivity contribution is -0.130. The maximum atomic E-state index is 12.6. The van der Waals surface area contributed by atoms with Crippen molar-refractivity contribution < 1.29 is 9.32 Å². The van der Waals surface area contributed by atoms with Gasteiger partial charge in [0.2, 0.25) is 17.6 Å². The normalized spacial score (nSPS) is 10.9. The van der Waals surface area contributed by atoms with Crippen LogP contribution in [0.1, 0.15) is 31.7 Å². The molecule has 0 fully saturated rings. The zero-order chi connectivity index (χ0) is 21.8. The third-order valence-electron chi connectivity index (χ3n) is 4.80. The van der Waals surface area contributed by atoms with Gasteiger partial charge in [-0.15, -0.1) is 0 Å². The largest absolute Gasteiger partial charge is 0.351 e. The summed E-state index contributed by atoms with van der Waals surface area (Å²) >= 11 is 0. The first-order chi connectivity index (χ1) is 14.3. The Morgan fingerprint density at radius 3 is 2.43 bits per heavy atom. The van der Waals surface area contributed by atoms with Gasteiger partial charge < -0.3 is 9.42 Å². The van der Waals surface area contributed by atoms with Gasteiger partial charge in [-0.05, 0) is 32.9 Å². The summed E-state index contributed by atoms with van der Waals surface area (Å²) in [6, 6.07) is 7.15. The van der Waals surface area contributed by atoms with E-state index >= 15 is 0 Å². The molecule has 2 heterocycles. The van der Waals surface area contributed by atoms with Crippen LogP contribution in [0.2, 0.25) is 0 Å². The molecule has 10 heteroatoms. The van der Waals surface area contributed by atoms with E-state index in [9.17, 15) is 14.4 Å². The average molecular weight is 412 g/mol. The molecule has 0 aliphatic heterocycles. The van der Waals surface area contributed by atoms with E-state index in [4.69, 9.17) is 4.52 Å². The van der Waals surface area contributed by atoms with E-state index in [0.717, 1.165) is 14.8 Å². The summed E-state index contributed by atoms with van der Waals surface area (Å²) < 4.78 is 7.26. The second-order valence-electron chi connectivity index (χ2n) is 6.82. The Morgan fingerprint density at radius 1 is 1.13 bits per heavy atom. The lowest BCUT2D eigenvalue weighted by atomic mass is 10.2. The Balaban J connectivity index is 1.91. The van der Waals surface area contributed by atoms with Crippen molar-refractivity contribution in [3.63, 3.8) is 0 Å². The summed E-state index contributed by atoms with van der Waals surface area (Å²) in [4.78, 5) is 43.2. The van der Waals surface area contributed by atoms with Crippen molar-refractivity contribution in [3.05, 3.63) is 56.6 Å². The summed E-state index contributed by atoms with van der Waals surface area (Å²) in [5.41, 5.74) is 0.216. The quantitative estimate of drug-likeness (QED) is 0.570. The van der Waals surface area contributed by atoms with Crippen LogP contribution in [0.25, 0.3) is 17.2 Å². The van der Waals surface area contributed by atoms with Crippen LogP contribution < -0.4 is 11.2 Å². The molecule has 0 bridgehead atoms. The van der Waals surface area contributed by atoms with E-state index in [2.05, 4.69) is 15.2 Å². The number of benzene rings is 1. The van der Waals surface area contributed by atoms with Gasteiger partial charge in [0.15, 0.2) is 5.69 Å². The number of hydrogen-bond acceptors (Lipinski definition) is 7. The number of carbonyl (C=O) groups excluding carboxylic acids is 1. The van der Waals surface area contributed by atoms with Crippen LogP contribution in [0, 0.1) is 6.92 Å². The Kier molecular flexibility index (Phi) is 6.24. The zero-order valence-corrected chi connectivity index (χ0v) is 17.5. The molecule has 158 valence electrons. The molecule has 0 saturated carbocycles. The number of rotatable bonds is 7. The minimum atomic E-state index is -0.630. The Morgan fingerprint density at radius 2 is 1.80 bits per heavy atom. The number of amides is 1. The van der Waals surface area contributed by atoms with E-state index < -0.39 is 11.2 Å². The molecule has 10 nitrogen and oxygen atoms in total. The number of carbonyl (C=O) groups is 1. The summed E-state index contributed by atoms with van der Waals surface area (Å²) in [5.74, 6) is 0.186. The molecule has 3 rings (SSSR count). The molecule has 0 unspecified atom stereocenters. The lowest BCUT2D eigenvalue weighted by Crippen LogP contribution is -2.40. The van der Waals surface area contributed by atoms with Crippen molar-refractivity contribution in [2.24, 2.45) is 7.05 Å². The Bertz CT molecular complexity index is 1160. The minimum absolute atomic E-state index is 0.0123. The number of hydrogen-bond donors (Lipinski definition) is 0. The summed E-state index contributed by atoms with van der Waals surface area (Å²) in [7, 11) is 1.37. The SMILES string of the molecule is CCN(CC)C(=O)CCc1nc(-c2nn(-c3ccc(C)cc3)c(=O)n(C)c2=O)no1. The molecule has 0 spiro atoms. The van der Waals surface area contributed by atoms with Gasteiger partial charge in [0.25, 0.3) is 5.56 Å². The van der Waals surface area contributed by atoms with Crippen molar-refractivity contribution in [1.29, 1.82) is 0 Å². The third-order valence-corrected chi connectivity index (χ3v) is 4.80. The van der Waals surface area contributed by atoms with Crippen LogP contribution in [-0.4, -0.2) is 48.4 Å². The fraction of sp³-hybridized carbons (Fsp3) is 0.400. The maximum absolute atomic E-state index is 12.6. The number of nitrogens with zero attached hydrogens (tertiary/aromatic N) is 6. The molecule has 0 N–H and O–H groups in total. The molecule has 0 aliphatic carbocycles. The van der Waals surface area contributed by atoms with Gasteiger partial charge in [-0.3, -0.25) is 14.2 Å². The first kappa shape index (κ1) is 21.2. The molecular formula is C20H24N6O4. The van der Waals surface area contributed by atoms with E-state index in [1.165, 1.54) is 7.05 Å². The predicted molar refractivity (Wildman–Crippen MR) is 109 cm³/mol. The molecule has 0 saturated heterocycles. The molecule has 0 aliphatic rings. The fourth-order valence-corrected chi connectivity index (χ4v) is 2.97. The van der Waals surface area contributed by atoms with Crippen molar-refractivity contribution >= 4 is 5.91 Å². The molecule has 0 radical (unpaired) electrons. The molecule has 30 heavy (non-hydrogen) atoms. The second kappa shape index (κ2) is 8.85. The third kappa shape index (κ3) is 4.22. The maximum Gasteiger partial charge on any atom is 0.351 e. The van der Waals surface area contributed by atoms with Crippen molar-refractivity contribution in [3.8, 4) is 17.2 Å². The fourth-order valence-electron chi connectivity index (χ4n) is 2.97. The number of aromatic nitrogens is 5. The van der Waals surface area contributed by atoms with Gasteiger partial charge in [-0.2, -0.15) is 14.8 Å². The molecular weight excluding hydrogens is 388 g/mol. The predicted octanol–water partition coefficient (Wildman–Crippen LogP) is 1.09. The van der Waals surface area contributed by atoms with Gasteiger partial charge in [0, 0.05) is 33.0 Å². The van der Waals surface area contributed by atoms with Gasteiger partial charge >= 0.3 is 5.69 Å². The van der Waals surface area contributed by atoms with Gasteiger partial charge in [-0.1, -0.05) is 22.9 Å². The van der Waals surface area contributed by atoms with E-state index in [-0.39, 0.29) is 36.2 Å². The smallest absolute Gasteiger partial charge is 0.343 e. The van der Waals surface area contributed by atoms with Crippen LogP contribution in [0.15, 0.2) is 38.4 Å². The monoisotopic (exact) mass is 412 g/mol. The molecule has 1 aromatic carbocycles. The molecule has 0 atom stereocenters. The average Bonchev–Trinajstić information content (AvgIpc) is 3.21. The Hall–Kier alpha value is -3.56. The van der Waals surface area contributed by atoms with Gasteiger partial charge in [0.1, 0.15) is 0 Å². The first-order valence-electron chi connectivity index (χ1n) is 9.73. The van der Waals surface area contributed by atoms with Crippen LogP contribution in [0.3, 0.4) is 0 Å². The lowest BCUT2D eigenvalue weighted by Gasteiger charge is -2.17. The standard InChI is InChI=1S/C20H24N6O4/c1-5-25(6-2)16(27)12-11-15-21-18(23-30-15)17-19(28)24(4)20(29)26(22-17)14-9-7-13(3)8-10-14/h7-10H,5-6,11-12H2,1-4H3. The van der Waals surface area contributed by atoms with Crippen LogP contribution in [0.5, 0.6) is 0 Å². The molecule has 3 aromatic rings. The molecule has 1 amide bonds. The van der Waals surface area contributed by atoms with Crippen molar-refractivity contribution in [2.75, 3.05) is 13.1 Å². The topological polar surface area (TPSA) is 116 Å². The highest BCUT2D eigenvalue weighted by molar-refractivity contribution is 5.76. The zero-order valence-electron chi connectivity index (χ0n) is 17.5. The summed E-state index contributed by atoms with van der Waals surface area (Å²) in [6.45, 7) is 7.01. The van der Waals surface area contributed by atoms with Crippen molar-refractivity contribution in [2.45, 2.75) is 33.6 Å². The van der Waals surface area contributed by atoms with Crippen LogP contribution in [-0.2, 0) is 18.3 Å². The number of aryl methyl sites for hydroxylation is 2. The molecule has 2 aromatic heterocycles. The van der Waals surface area contributed by atoms with E-state index in [0.29, 0.717) is 18.8 Å². The second-order valence-corrected chi connectivity index (χ2v) is 6.82. The van der Waals surface area contributed by atoms with Gasteiger partial charge in [0.05, 0.1) is 5.69 Å². The highest BCUT2D eigenvalue weighted by Gasteiger charge is 2.20. The Labute approximate surface area is 172 Å². The first-order valence-corrected chi connectivity index (χ1v) is 9.73. The summed E-state index contributed by atoms with van der Waals surface area (Å²) in [6.07, 6.45) is 0.470. The summed E-state index contributed by atoms with van der Waals surface area (Å²) in [5, 5.41) is 8.00. The van der Waals surface area contributed by atoms with Gasteiger partial charge in [-0.25, -0.2) is 4.79 Å². The van der Waals surface area contributed by atoms with E-state index in [1.807, 2.05) is 32.9 Å². The minimum Gasteiger partial charge on any atom is -0.343 e.